The Labute approximate surface area is 176 Å². The van der Waals surface area contributed by atoms with Crippen molar-refractivity contribution in [2.75, 3.05) is 17.2 Å². The largest absolute Gasteiger partial charge is 0.433 e. The summed E-state index contributed by atoms with van der Waals surface area (Å²) >= 11 is 0. The van der Waals surface area contributed by atoms with Crippen LogP contribution in [0.3, 0.4) is 0 Å². The number of aromatic nitrogens is 1. The molecule has 0 saturated heterocycles. The van der Waals surface area contributed by atoms with Gasteiger partial charge in [0.25, 0.3) is 0 Å². The zero-order valence-electron chi connectivity index (χ0n) is 16.4. The Bertz CT molecular complexity index is 1120. The smallest absolute Gasteiger partial charge is 0.385 e. The molecule has 0 saturated carbocycles. The molecule has 0 aliphatic carbocycles. The molecule has 159 valence electrons. The fourth-order valence-electron chi connectivity index (χ4n) is 3.44. The van der Waals surface area contributed by atoms with Gasteiger partial charge in [-0.05, 0) is 41.8 Å². The number of allylic oxidation sites excluding steroid dienone is 1. The van der Waals surface area contributed by atoms with Crippen LogP contribution in [0.5, 0.6) is 0 Å². The van der Waals surface area contributed by atoms with Crippen LogP contribution in [0.15, 0.2) is 60.4 Å². The third kappa shape index (κ3) is 4.63. The number of hydrogen-bond donors (Lipinski definition) is 3. The fraction of sp³-hybridized carbons (Fsp3) is 0.174. The van der Waals surface area contributed by atoms with Crippen molar-refractivity contribution in [1.82, 2.24) is 4.98 Å². The van der Waals surface area contributed by atoms with Crippen LogP contribution in [0.1, 0.15) is 22.4 Å². The second-order valence-corrected chi connectivity index (χ2v) is 7.16. The van der Waals surface area contributed by atoms with Crippen LogP contribution in [0.2, 0.25) is 0 Å². The predicted octanol–water partition coefficient (Wildman–Crippen LogP) is 4.99. The van der Waals surface area contributed by atoms with Gasteiger partial charge in [0.15, 0.2) is 0 Å². The van der Waals surface area contributed by atoms with Crippen LogP contribution in [0.4, 0.5) is 29.1 Å². The number of anilines is 2. The molecule has 0 amide bonds. The van der Waals surface area contributed by atoms with E-state index in [2.05, 4.69) is 21.7 Å². The molecular weight excluding hydrogens is 408 g/mol. The van der Waals surface area contributed by atoms with E-state index in [4.69, 9.17) is 5.73 Å². The first-order valence-corrected chi connectivity index (χ1v) is 9.63. The van der Waals surface area contributed by atoms with Crippen molar-refractivity contribution in [3.63, 3.8) is 0 Å². The summed E-state index contributed by atoms with van der Waals surface area (Å²) in [5, 5.41) is 6.06. The lowest BCUT2D eigenvalue weighted by Gasteiger charge is -2.24. The summed E-state index contributed by atoms with van der Waals surface area (Å²) in [4.78, 5) is 3.83. The van der Waals surface area contributed by atoms with E-state index in [-0.39, 0.29) is 11.6 Å². The molecule has 0 bridgehead atoms. The summed E-state index contributed by atoms with van der Waals surface area (Å²) in [6, 6.07) is 16.9. The molecule has 2 heterocycles. The van der Waals surface area contributed by atoms with Gasteiger partial charge < -0.3 is 16.4 Å². The summed E-state index contributed by atoms with van der Waals surface area (Å²) in [5.41, 5.74) is 8.87. The predicted molar refractivity (Wildman–Crippen MR) is 112 cm³/mol. The van der Waals surface area contributed by atoms with Gasteiger partial charge in [0.05, 0.1) is 5.69 Å². The minimum Gasteiger partial charge on any atom is -0.385 e. The Morgan fingerprint density at radius 3 is 2.61 bits per heavy atom. The highest BCUT2D eigenvalue weighted by molar-refractivity contribution is 5.83. The molecule has 2 aromatic carbocycles. The number of rotatable bonds is 5. The molecule has 4 nitrogen and oxygen atoms in total. The Hall–Kier alpha value is -3.55. The van der Waals surface area contributed by atoms with Crippen molar-refractivity contribution in [3.05, 3.63) is 94.7 Å². The van der Waals surface area contributed by atoms with E-state index in [0.29, 0.717) is 36.3 Å². The van der Waals surface area contributed by atoms with E-state index >= 15 is 0 Å². The van der Waals surface area contributed by atoms with Crippen LogP contribution in [-0.4, -0.2) is 11.5 Å². The van der Waals surface area contributed by atoms with Crippen molar-refractivity contribution in [2.24, 2.45) is 5.73 Å². The summed E-state index contributed by atoms with van der Waals surface area (Å²) in [5.74, 6) is 0.0985. The molecular formula is C23H19F4N4. The average Bonchev–Trinajstić information content (AvgIpc) is 2.74. The number of hydrogen-bond acceptors (Lipinski definition) is 4. The fourth-order valence-corrected chi connectivity index (χ4v) is 3.44. The lowest BCUT2D eigenvalue weighted by atomic mass is 9.94. The molecule has 0 spiro atoms. The Balaban J connectivity index is 1.63. The number of nitrogens with one attached hydrogen (secondary N) is 2. The molecule has 3 aromatic rings. The molecule has 31 heavy (non-hydrogen) atoms. The Morgan fingerprint density at radius 2 is 1.87 bits per heavy atom. The molecule has 1 aliphatic heterocycles. The van der Waals surface area contributed by atoms with Crippen molar-refractivity contribution >= 4 is 17.1 Å². The number of fused-ring (bicyclic) bond motifs is 1. The quantitative estimate of drug-likeness (QED) is 0.502. The normalized spacial score (nSPS) is 13.5. The Kier molecular flexibility index (Phi) is 5.54. The molecule has 1 radical (unpaired) electrons. The SMILES string of the molecule is NC1=C(c2ccc(C(F)(F)F)nc2NCCc2ccc(F)cc2)Cc2ccc[c]c2N1. The van der Waals surface area contributed by atoms with Crippen molar-refractivity contribution < 1.29 is 17.6 Å². The second kappa shape index (κ2) is 8.29. The molecule has 1 aliphatic rings. The number of halogens is 4. The monoisotopic (exact) mass is 427 g/mol. The standard InChI is InChI=1S/C23H19F4N4/c24-16-7-5-14(6-8-16)11-12-29-22-17(9-10-20(31-22)23(25,26)27)18-13-15-3-1-2-4-19(15)30-21(18)28/h1-3,5-10,30H,11-13,28H2,(H,29,31). The maximum atomic E-state index is 13.3. The van der Waals surface area contributed by atoms with E-state index in [9.17, 15) is 17.6 Å². The van der Waals surface area contributed by atoms with Crippen molar-refractivity contribution in [1.29, 1.82) is 0 Å². The molecule has 0 fully saturated rings. The van der Waals surface area contributed by atoms with Crippen LogP contribution in [0.25, 0.3) is 5.57 Å². The van der Waals surface area contributed by atoms with Gasteiger partial charge in [-0.3, -0.25) is 0 Å². The second-order valence-electron chi connectivity index (χ2n) is 7.16. The van der Waals surface area contributed by atoms with E-state index in [1.54, 1.807) is 18.2 Å². The van der Waals surface area contributed by atoms with Crippen molar-refractivity contribution in [2.45, 2.75) is 19.0 Å². The molecule has 8 heteroatoms. The summed E-state index contributed by atoms with van der Waals surface area (Å²) in [6.07, 6.45) is -3.65. The third-order valence-corrected chi connectivity index (χ3v) is 5.02. The van der Waals surface area contributed by atoms with E-state index < -0.39 is 11.9 Å². The highest BCUT2D eigenvalue weighted by atomic mass is 19.4. The van der Waals surface area contributed by atoms with Gasteiger partial charge in [-0.15, -0.1) is 0 Å². The number of nitrogens with zero attached hydrogens (tertiary/aromatic N) is 1. The van der Waals surface area contributed by atoms with Crippen LogP contribution in [0, 0.1) is 11.9 Å². The number of para-hydroxylation sites is 1. The maximum absolute atomic E-state index is 13.3. The van der Waals surface area contributed by atoms with Crippen LogP contribution in [-0.2, 0) is 19.0 Å². The summed E-state index contributed by atoms with van der Waals surface area (Å²) in [7, 11) is 0. The zero-order valence-corrected chi connectivity index (χ0v) is 16.4. The van der Waals surface area contributed by atoms with E-state index in [0.717, 1.165) is 22.9 Å². The lowest BCUT2D eigenvalue weighted by Crippen LogP contribution is -2.20. The van der Waals surface area contributed by atoms with Gasteiger partial charge in [-0.1, -0.05) is 30.3 Å². The molecule has 4 N–H and O–H groups in total. The number of nitrogens with two attached hydrogens (primary N) is 1. The van der Waals surface area contributed by atoms with Gasteiger partial charge in [0.1, 0.15) is 23.1 Å². The maximum Gasteiger partial charge on any atom is 0.433 e. The number of benzene rings is 2. The highest BCUT2D eigenvalue weighted by Gasteiger charge is 2.33. The van der Waals surface area contributed by atoms with E-state index in [1.165, 1.54) is 18.2 Å². The zero-order chi connectivity index (χ0) is 22.0. The van der Waals surface area contributed by atoms with Gasteiger partial charge >= 0.3 is 6.18 Å². The Morgan fingerprint density at radius 1 is 1.10 bits per heavy atom. The van der Waals surface area contributed by atoms with E-state index in [1.807, 2.05) is 12.1 Å². The van der Waals surface area contributed by atoms with Gasteiger partial charge in [-0.2, -0.15) is 13.2 Å². The molecule has 0 atom stereocenters. The summed E-state index contributed by atoms with van der Waals surface area (Å²) < 4.78 is 52.9. The minimum absolute atomic E-state index is 0.0973. The first-order chi connectivity index (χ1) is 14.8. The van der Waals surface area contributed by atoms with Gasteiger partial charge in [0, 0.05) is 30.2 Å². The molecule has 0 unspecified atom stereocenters. The minimum atomic E-state index is -4.57. The van der Waals surface area contributed by atoms with Crippen LogP contribution < -0.4 is 16.4 Å². The lowest BCUT2D eigenvalue weighted by molar-refractivity contribution is -0.141. The molecule has 1 aromatic heterocycles. The molecule has 4 rings (SSSR count). The van der Waals surface area contributed by atoms with Gasteiger partial charge in [0.2, 0.25) is 0 Å². The average molecular weight is 427 g/mol. The topological polar surface area (TPSA) is 63.0 Å². The number of alkyl halides is 3. The number of pyridine rings is 1. The van der Waals surface area contributed by atoms with Crippen molar-refractivity contribution in [3.8, 4) is 0 Å². The first kappa shape index (κ1) is 20.7. The van der Waals surface area contributed by atoms with Gasteiger partial charge in [-0.25, -0.2) is 9.37 Å². The summed E-state index contributed by atoms with van der Waals surface area (Å²) in [6.45, 7) is 0.317. The third-order valence-electron chi connectivity index (χ3n) is 5.02. The first-order valence-electron chi connectivity index (χ1n) is 9.63. The van der Waals surface area contributed by atoms with Crippen LogP contribution >= 0.6 is 0 Å². The highest BCUT2D eigenvalue weighted by Crippen LogP contribution is 2.36.